The van der Waals surface area contributed by atoms with Crippen molar-refractivity contribution in [3.8, 4) is 0 Å². The minimum atomic E-state index is -2.79. The maximum absolute atomic E-state index is 13.5. The van der Waals surface area contributed by atoms with E-state index in [4.69, 9.17) is 99.5 Å². The van der Waals surface area contributed by atoms with Crippen molar-refractivity contribution in [3.05, 3.63) is 0 Å². The van der Waals surface area contributed by atoms with Crippen LogP contribution in [-0.4, -0.2) is 595 Å². The van der Waals surface area contributed by atoms with Crippen LogP contribution in [0.15, 0.2) is 0 Å². The lowest BCUT2D eigenvalue weighted by atomic mass is 9.93. The van der Waals surface area contributed by atoms with Gasteiger partial charge in [0.25, 0.3) is 0 Å². The molecule has 64 heteroatoms. The van der Waals surface area contributed by atoms with Crippen molar-refractivity contribution in [1.29, 1.82) is 0 Å². The first-order valence-corrected chi connectivity index (χ1v) is 46.6. The molecule has 0 aromatic rings. The van der Waals surface area contributed by atoms with Crippen LogP contribution >= 0.6 is 0 Å². The van der Waals surface area contributed by atoms with Crippen molar-refractivity contribution in [2.45, 2.75) is 393 Å². The van der Waals surface area contributed by atoms with E-state index in [1.807, 2.05) is 0 Å². The van der Waals surface area contributed by atoms with Gasteiger partial charge in [0.15, 0.2) is 69.2 Å². The van der Waals surface area contributed by atoms with Crippen molar-refractivity contribution in [1.82, 2.24) is 42.5 Å². The summed E-state index contributed by atoms with van der Waals surface area (Å²) in [4.78, 5) is 103. The molecular weight excluding hydrogens is 1990 g/mol. The highest BCUT2D eigenvalue weighted by Crippen LogP contribution is 2.42. The van der Waals surface area contributed by atoms with E-state index in [9.17, 15) is 176 Å². The fourth-order valence-corrected chi connectivity index (χ4v) is 18.9. The normalized spacial score (nSPS) is 46.5. The van der Waals surface area contributed by atoms with Crippen LogP contribution in [0.3, 0.4) is 0 Å². The summed E-state index contributed by atoms with van der Waals surface area (Å²) >= 11 is 0. The number of hydrogen-bond acceptors (Lipinski definition) is 56. The van der Waals surface area contributed by atoms with Gasteiger partial charge in [-0.2, -0.15) is 0 Å². The van der Waals surface area contributed by atoms with Crippen LogP contribution in [0.25, 0.3) is 0 Å². The fourth-order valence-electron chi connectivity index (χ4n) is 18.9. The Bertz CT molecular complexity index is 4190. The van der Waals surface area contributed by atoms with Gasteiger partial charge in [-0.05, 0) is 0 Å². The molecule has 11 aliphatic rings. The molecule has 840 valence electrons. The molecule has 0 aromatic carbocycles. The maximum Gasteiger partial charge on any atom is 0.217 e. The number of carbonyl (C=O) groups excluding carboxylic acids is 8. The first-order valence-electron chi connectivity index (χ1n) is 46.6. The first-order chi connectivity index (χ1) is 69.0. The molecule has 11 rings (SSSR count). The number of hydrogen-bond donors (Lipinski definition) is 35. The van der Waals surface area contributed by atoms with E-state index in [0.717, 1.165) is 55.4 Å². The highest BCUT2D eigenvalue weighted by Gasteiger charge is 2.64. The number of ether oxygens (including phenoxy) is 21. The second-order valence-corrected chi connectivity index (χ2v) is 36.8. The highest BCUT2D eigenvalue weighted by molar-refractivity contribution is 5.76. The third-order valence-electron chi connectivity index (χ3n) is 26.2. The Morgan fingerprint density at radius 2 is 0.377 bits per heavy atom. The molecule has 11 aliphatic heterocycles. The minimum Gasteiger partial charge on any atom is -0.394 e. The predicted octanol–water partition coefficient (Wildman–Crippen LogP) is -23.8. The van der Waals surface area contributed by atoms with Gasteiger partial charge in [0.1, 0.15) is 268 Å². The van der Waals surface area contributed by atoms with Gasteiger partial charge in [-0.25, -0.2) is 0 Å². The van der Waals surface area contributed by atoms with Crippen molar-refractivity contribution in [2.24, 2.45) is 0 Å². The summed E-state index contributed by atoms with van der Waals surface area (Å²) in [6, 6.07) is -15.2. The molecule has 8 amide bonds. The Labute approximate surface area is 828 Å². The van der Waals surface area contributed by atoms with E-state index < -0.39 is 457 Å². The van der Waals surface area contributed by atoms with Gasteiger partial charge in [-0.1, -0.05) is 0 Å². The number of aliphatic hydroxyl groups is 27. The van der Waals surface area contributed by atoms with E-state index in [1.54, 1.807) is 0 Å². The standard InChI is InChI=1S/C82H136N8O56/c1-20(100)83-39-57(118)64(32(13-95)128-72(39)125)139-77-44(88-25(6)105)60(121)67(35(16-98)133-77)143-80-63(124)69(144-82-71(62(123)68(36(17-99)136-82)142-76-43(87-24(5)104)56(117)50(111)31(12-94)132-76)146-79-46(90-27(8)107)59(120)66(34(15-97)135-79)141-75-42(86-23(4)103)55(116)49(110)30(11-93)131-75)52(113)38(137-80)19-127-81-70(61(122)51(112)37(138-81)18-126-73-40(84-21(2)101)53(114)47(108)28(9-91)129-73)145-78-45(89-26(7)106)58(119)65(33(14-96)134-78)140-74-41(85-22(3)102)54(115)48(109)29(10-92)130-74/h28-82,91-99,108-125H,9-19H2,1-8H3,(H,83,100)(H,84,101)(H,85,102)(H,86,103)(H,87,104)(H,88,105)(H,89,106)(H,90,107)/t28-,29-,30-,31-,32-,33-,34-,35-,36-,37-,38-,39-,40-,41-,42-,43-,44-,45-,46-,47-,48+,49+,50-,51-,52-,53-,54-,55-,56-,57-,58-,59-,60-,61+,62+,63+,64-,65-,66-,67-,68-,69+,70+,71+,72?,73-,74+,75+,76+,77+,78+,79+,80+,81+,82-/m1/s1. The van der Waals surface area contributed by atoms with Crippen LogP contribution in [0.2, 0.25) is 0 Å². The molecule has 0 aromatic heterocycles. The summed E-state index contributed by atoms with van der Waals surface area (Å²) in [5.41, 5.74) is 0. The number of amides is 8. The van der Waals surface area contributed by atoms with Gasteiger partial charge < -0.3 is 280 Å². The highest BCUT2D eigenvalue weighted by atomic mass is 16.8. The summed E-state index contributed by atoms with van der Waals surface area (Å²) in [5, 5.41) is 329. The van der Waals surface area contributed by atoms with Gasteiger partial charge >= 0.3 is 0 Å². The van der Waals surface area contributed by atoms with Crippen molar-refractivity contribution >= 4 is 47.3 Å². The van der Waals surface area contributed by atoms with Gasteiger partial charge in [-0.3, -0.25) is 38.4 Å². The molecule has 11 heterocycles. The molecule has 0 bridgehead atoms. The Morgan fingerprint density at radius 1 is 0.178 bits per heavy atom. The molecular formula is C82H136N8O56. The average Bonchev–Trinajstić information content (AvgIpc) is 0.729. The smallest absolute Gasteiger partial charge is 0.217 e. The Hall–Kier alpha value is -6.16. The Morgan fingerprint density at radius 3 is 0.685 bits per heavy atom. The zero-order valence-corrected chi connectivity index (χ0v) is 79.4. The Kier molecular flexibility index (Phi) is 43.7. The van der Waals surface area contributed by atoms with Crippen molar-refractivity contribution in [3.63, 3.8) is 0 Å². The lowest BCUT2D eigenvalue weighted by molar-refractivity contribution is -0.405. The molecule has 0 spiro atoms. The van der Waals surface area contributed by atoms with Gasteiger partial charge in [0, 0.05) is 55.4 Å². The number of nitrogens with one attached hydrogen (secondary N) is 8. The molecule has 64 nitrogen and oxygen atoms in total. The SMILES string of the molecule is CC(=O)N[C@H]1[C@H](O[C@H]2[C@H](O)[C@@H](NC(C)=O)C(O)O[C@@H]2CO)O[C@H](CO)[C@@H](O[C@@H]2O[C@H](CO[C@H]3O[C@H](CO[C@@H]4O[C@H](CO)[C@@H](O)[C@H](O)[C@H]4NC(C)=O)[C@@H](O)[C@H](O)[C@@H]3O[C@@H]3O[C@H](CO)[C@@H](O[C@@H]4O[C@H](CO)[C@H](O)[C@H](O)[C@H]4NC(C)=O)[C@H](O)[C@H]3NC(C)=O)[C@@H](O)[C@H](O[C@H]3O[C@H](CO)[C@@H](O[C@@H]4O[C@H](CO)[C@@H](O)[C@H](O)[C@H]4NC(C)=O)[C@H](O)[C@@H]3O[C@@H]3O[C@H](CO)[C@@H](O[C@@H]4O[C@H](CO)[C@H](O)[C@H](O)[C@H]4NC(C)=O)[C@H](O)[C@H]3NC(C)=O)[C@@H]2O)[C@@H]1O. The zero-order chi connectivity index (χ0) is 108. The first kappa shape index (κ1) is 120. The molecule has 146 heavy (non-hydrogen) atoms. The molecule has 55 atom stereocenters. The van der Waals surface area contributed by atoms with Crippen LogP contribution in [0.1, 0.15) is 55.4 Å². The molecule has 11 fully saturated rings. The number of rotatable bonds is 39. The monoisotopic (exact) mass is 2130 g/mol. The van der Waals surface area contributed by atoms with Gasteiger partial charge in [0.2, 0.25) is 47.3 Å². The van der Waals surface area contributed by atoms with Gasteiger partial charge in [-0.15, -0.1) is 0 Å². The summed E-state index contributed by atoms with van der Waals surface area (Å²) in [6.45, 7) is -5.43. The Balaban J connectivity index is 1.02. The van der Waals surface area contributed by atoms with E-state index in [0.29, 0.717) is 0 Å². The summed E-state index contributed by atoms with van der Waals surface area (Å²) in [6.07, 6.45) is -103. The predicted molar refractivity (Wildman–Crippen MR) is 455 cm³/mol. The van der Waals surface area contributed by atoms with E-state index >= 15 is 0 Å². The molecule has 11 saturated heterocycles. The minimum absolute atomic E-state index is 0.842. The van der Waals surface area contributed by atoms with Crippen LogP contribution in [0, 0.1) is 0 Å². The van der Waals surface area contributed by atoms with Crippen molar-refractivity contribution in [2.75, 3.05) is 72.7 Å². The lowest BCUT2D eigenvalue weighted by Gasteiger charge is -2.52. The fraction of sp³-hybridized carbons (Fsp3) is 0.902. The van der Waals surface area contributed by atoms with Crippen LogP contribution < -0.4 is 42.5 Å². The second kappa shape index (κ2) is 53.1. The van der Waals surface area contributed by atoms with E-state index in [2.05, 4.69) is 42.5 Å². The lowest BCUT2D eigenvalue weighted by Crippen LogP contribution is -2.71. The summed E-state index contributed by atoms with van der Waals surface area (Å²) in [7, 11) is 0. The molecule has 35 N–H and O–H groups in total. The van der Waals surface area contributed by atoms with Crippen LogP contribution in [0.4, 0.5) is 0 Å². The largest absolute Gasteiger partial charge is 0.394 e. The summed E-state index contributed by atoms with van der Waals surface area (Å²) in [5.74, 6) is -7.51. The van der Waals surface area contributed by atoms with Gasteiger partial charge in [0.05, 0.1) is 72.7 Å². The van der Waals surface area contributed by atoms with Crippen LogP contribution in [0.5, 0.6) is 0 Å². The third-order valence-corrected chi connectivity index (χ3v) is 26.2. The quantitative estimate of drug-likeness (QED) is 0.0272. The second-order valence-electron chi connectivity index (χ2n) is 36.8. The summed E-state index contributed by atoms with van der Waals surface area (Å²) < 4.78 is 129. The zero-order valence-electron chi connectivity index (χ0n) is 79.4. The number of aliphatic hydroxyl groups excluding tert-OH is 27. The molecule has 0 radical (unpaired) electrons. The van der Waals surface area contributed by atoms with Crippen molar-refractivity contribution < 1.29 is 276 Å². The maximum atomic E-state index is 13.5. The topological polar surface area (TPSA) is 973 Å². The third kappa shape index (κ3) is 27.6. The molecule has 0 aliphatic carbocycles. The number of carbonyl (C=O) groups is 8. The molecule has 0 saturated carbocycles. The average molecular weight is 2130 g/mol. The van der Waals surface area contributed by atoms with Crippen LogP contribution in [-0.2, 0) is 138 Å². The molecule has 1 unspecified atom stereocenters. The van der Waals surface area contributed by atoms with E-state index in [1.165, 1.54) is 0 Å². The van der Waals surface area contributed by atoms with E-state index in [-0.39, 0.29) is 0 Å².